The number of methoxy groups -OCH3 is 1. The molecule has 0 saturated heterocycles. The van der Waals surface area contributed by atoms with E-state index in [2.05, 4.69) is 43.0 Å². The summed E-state index contributed by atoms with van der Waals surface area (Å²) in [6, 6.07) is 8.76. The van der Waals surface area contributed by atoms with Gasteiger partial charge >= 0.3 is 0 Å². The van der Waals surface area contributed by atoms with Crippen molar-refractivity contribution >= 4 is 5.57 Å². The van der Waals surface area contributed by atoms with Crippen LogP contribution in [0.3, 0.4) is 0 Å². The molecule has 0 amide bonds. The van der Waals surface area contributed by atoms with Crippen LogP contribution in [0.15, 0.2) is 29.8 Å². The Balaban J connectivity index is 1.91. The van der Waals surface area contributed by atoms with E-state index in [1.54, 1.807) is 18.3 Å². The van der Waals surface area contributed by atoms with Crippen molar-refractivity contribution in [2.24, 2.45) is 0 Å². The predicted molar refractivity (Wildman–Crippen MR) is 132 cm³/mol. The van der Waals surface area contributed by atoms with Gasteiger partial charge in [-0.05, 0) is 55.5 Å². The Labute approximate surface area is 187 Å². The second-order valence-corrected chi connectivity index (χ2v) is 9.12. The normalized spacial score (nSPS) is 15.0. The van der Waals surface area contributed by atoms with Gasteiger partial charge in [-0.3, -0.25) is 4.90 Å². The zero-order valence-electron chi connectivity index (χ0n) is 20.2. The summed E-state index contributed by atoms with van der Waals surface area (Å²) in [6.07, 6.45) is 19.1. The Morgan fingerprint density at radius 3 is 2.00 bits per heavy atom. The van der Waals surface area contributed by atoms with Gasteiger partial charge in [0.1, 0.15) is 5.75 Å². The third-order valence-electron chi connectivity index (χ3n) is 6.62. The molecule has 0 aliphatic carbocycles. The lowest BCUT2D eigenvalue weighted by atomic mass is 9.90. The van der Waals surface area contributed by atoms with Crippen LogP contribution in [0.2, 0.25) is 0 Å². The standard InChI is InChI=1S/C28H47NO/c1-4-6-8-10-12-14-16-26-24-29(22-15-13-11-9-7-5-2)23-21-28(26)25-17-19-27(30-3)20-18-25/h17-20H,4-16,21-24H2,1-3H3. The monoisotopic (exact) mass is 413 g/mol. The number of benzene rings is 1. The SMILES string of the molecule is CCCCCCCCC1=C(c2ccc(OC)cc2)CCN(CCCCCCCC)C1. The fourth-order valence-corrected chi connectivity index (χ4v) is 4.69. The van der Waals surface area contributed by atoms with Gasteiger partial charge in [0.15, 0.2) is 0 Å². The summed E-state index contributed by atoms with van der Waals surface area (Å²) < 4.78 is 5.37. The van der Waals surface area contributed by atoms with Gasteiger partial charge < -0.3 is 4.74 Å². The largest absolute Gasteiger partial charge is 0.497 e. The summed E-state index contributed by atoms with van der Waals surface area (Å²) in [7, 11) is 1.75. The van der Waals surface area contributed by atoms with Gasteiger partial charge in [-0.2, -0.15) is 0 Å². The van der Waals surface area contributed by atoms with E-state index in [1.165, 1.54) is 115 Å². The van der Waals surface area contributed by atoms with Crippen molar-refractivity contribution in [2.45, 2.75) is 104 Å². The Bertz CT molecular complexity index is 589. The maximum Gasteiger partial charge on any atom is 0.118 e. The summed E-state index contributed by atoms with van der Waals surface area (Å²) in [6.45, 7) is 8.28. The summed E-state index contributed by atoms with van der Waals surface area (Å²) in [5.41, 5.74) is 4.73. The molecule has 2 rings (SSSR count). The molecule has 0 fully saturated rings. The number of nitrogens with zero attached hydrogens (tertiary/aromatic N) is 1. The van der Waals surface area contributed by atoms with E-state index in [0.29, 0.717) is 0 Å². The van der Waals surface area contributed by atoms with Crippen LogP contribution in [0.4, 0.5) is 0 Å². The smallest absolute Gasteiger partial charge is 0.118 e. The molecular weight excluding hydrogens is 366 g/mol. The van der Waals surface area contributed by atoms with Gasteiger partial charge in [0.25, 0.3) is 0 Å². The number of hydrogen-bond acceptors (Lipinski definition) is 2. The highest BCUT2D eigenvalue weighted by Gasteiger charge is 2.19. The lowest BCUT2D eigenvalue weighted by Crippen LogP contribution is -2.32. The van der Waals surface area contributed by atoms with E-state index in [9.17, 15) is 0 Å². The first-order valence-corrected chi connectivity index (χ1v) is 12.9. The highest BCUT2D eigenvalue weighted by atomic mass is 16.5. The minimum absolute atomic E-state index is 0.956. The molecular formula is C28H47NO. The number of rotatable bonds is 16. The molecule has 1 aromatic carbocycles. The molecule has 2 nitrogen and oxygen atoms in total. The van der Waals surface area contributed by atoms with Gasteiger partial charge in [0, 0.05) is 13.1 Å². The molecule has 0 unspecified atom stereocenters. The molecule has 1 heterocycles. The fraction of sp³-hybridized carbons (Fsp3) is 0.714. The highest BCUT2D eigenvalue weighted by molar-refractivity contribution is 5.70. The first-order valence-electron chi connectivity index (χ1n) is 12.9. The van der Waals surface area contributed by atoms with Gasteiger partial charge in [0.05, 0.1) is 7.11 Å². The summed E-state index contributed by atoms with van der Waals surface area (Å²) in [5, 5.41) is 0. The van der Waals surface area contributed by atoms with E-state index >= 15 is 0 Å². The third kappa shape index (κ3) is 9.25. The van der Waals surface area contributed by atoms with Crippen molar-refractivity contribution in [1.82, 2.24) is 4.90 Å². The van der Waals surface area contributed by atoms with E-state index in [-0.39, 0.29) is 0 Å². The lowest BCUT2D eigenvalue weighted by Gasteiger charge is -2.31. The molecule has 0 saturated carbocycles. The quantitative estimate of drug-likeness (QED) is 0.253. The number of unbranched alkanes of at least 4 members (excludes halogenated alkanes) is 10. The topological polar surface area (TPSA) is 12.5 Å². The van der Waals surface area contributed by atoms with Crippen molar-refractivity contribution in [1.29, 1.82) is 0 Å². The molecule has 0 aromatic heterocycles. The predicted octanol–water partition coefficient (Wildman–Crippen LogP) is 8.27. The minimum atomic E-state index is 0.956. The Morgan fingerprint density at radius 1 is 0.767 bits per heavy atom. The van der Waals surface area contributed by atoms with Crippen molar-refractivity contribution in [2.75, 3.05) is 26.7 Å². The first-order chi connectivity index (χ1) is 14.8. The van der Waals surface area contributed by atoms with E-state index in [1.807, 2.05) is 0 Å². The average molecular weight is 414 g/mol. The van der Waals surface area contributed by atoms with Gasteiger partial charge in [-0.15, -0.1) is 0 Å². The van der Waals surface area contributed by atoms with E-state index in [4.69, 9.17) is 4.74 Å². The number of hydrogen-bond donors (Lipinski definition) is 0. The Morgan fingerprint density at radius 2 is 1.37 bits per heavy atom. The molecule has 0 atom stereocenters. The third-order valence-corrected chi connectivity index (χ3v) is 6.62. The first kappa shape index (κ1) is 25.0. The van der Waals surface area contributed by atoms with Gasteiger partial charge in [-0.25, -0.2) is 0 Å². The average Bonchev–Trinajstić information content (AvgIpc) is 2.79. The van der Waals surface area contributed by atoms with Crippen LogP contribution < -0.4 is 4.74 Å². The molecule has 0 radical (unpaired) electrons. The summed E-state index contributed by atoms with van der Waals surface area (Å²) >= 11 is 0. The van der Waals surface area contributed by atoms with Crippen molar-refractivity contribution in [3.05, 3.63) is 35.4 Å². The van der Waals surface area contributed by atoms with Crippen molar-refractivity contribution < 1.29 is 4.74 Å². The van der Waals surface area contributed by atoms with Crippen LogP contribution in [0.1, 0.15) is 109 Å². The van der Waals surface area contributed by atoms with Crippen LogP contribution in [-0.4, -0.2) is 31.6 Å². The minimum Gasteiger partial charge on any atom is -0.497 e. The zero-order valence-corrected chi connectivity index (χ0v) is 20.2. The molecule has 2 heteroatoms. The van der Waals surface area contributed by atoms with Crippen LogP contribution >= 0.6 is 0 Å². The van der Waals surface area contributed by atoms with E-state index < -0.39 is 0 Å². The molecule has 1 aromatic rings. The lowest BCUT2D eigenvalue weighted by molar-refractivity contribution is 0.282. The molecule has 1 aliphatic heterocycles. The van der Waals surface area contributed by atoms with Gasteiger partial charge in [-0.1, -0.05) is 95.8 Å². The highest BCUT2D eigenvalue weighted by Crippen LogP contribution is 2.31. The van der Waals surface area contributed by atoms with Gasteiger partial charge in [0.2, 0.25) is 0 Å². The second kappa shape index (κ2) is 15.5. The molecule has 0 N–H and O–H groups in total. The zero-order chi connectivity index (χ0) is 21.4. The summed E-state index contributed by atoms with van der Waals surface area (Å²) in [4.78, 5) is 2.72. The van der Waals surface area contributed by atoms with Crippen LogP contribution in [0.5, 0.6) is 5.75 Å². The molecule has 170 valence electrons. The summed E-state index contributed by atoms with van der Waals surface area (Å²) in [5.74, 6) is 0.956. The van der Waals surface area contributed by atoms with Crippen LogP contribution in [0.25, 0.3) is 5.57 Å². The van der Waals surface area contributed by atoms with Crippen molar-refractivity contribution in [3.63, 3.8) is 0 Å². The fourth-order valence-electron chi connectivity index (χ4n) is 4.69. The number of ether oxygens (including phenoxy) is 1. The van der Waals surface area contributed by atoms with E-state index in [0.717, 1.165) is 5.75 Å². The molecule has 0 bridgehead atoms. The maximum atomic E-state index is 5.37. The molecule has 30 heavy (non-hydrogen) atoms. The van der Waals surface area contributed by atoms with Crippen molar-refractivity contribution in [3.8, 4) is 5.75 Å². The van der Waals surface area contributed by atoms with Crippen LogP contribution in [-0.2, 0) is 0 Å². The molecule has 1 aliphatic rings. The maximum absolute atomic E-state index is 5.37. The molecule has 0 spiro atoms. The Hall–Kier alpha value is -1.28. The second-order valence-electron chi connectivity index (χ2n) is 9.12. The van der Waals surface area contributed by atoms with Crippen LogP contribution in [0, 0.1) is 0 Å². The Kier molecular flexibility index (Phi) is 12.9.